The van der Waals surface area contributed by atoms with Crippen molar-refractivity contribution in [3.8, 4) is 0 Å². The number of carbonyl (C=O) groups is 1. The topological polar surface area (TPSA) is 49.7 Å². The quantitative estimate of drug-likeness (QED) is 0.685. The summed E-state index contributed by atoms with van der Waals surface area (Å²) >= 11 is 0. The van der Waals surface area contributed by atoms with E-state index >= 15 is 0 Å². The van der Waals surface area contributed by atoms with Crippen LogP contribution in [0, 0.1) is 0 Å². The molecule has 14 heavy (non-hydrogen) atoms. The number of para-hydroxylation sites is 1. The van der Waals surface area contributed by atoms with Crippen molar-refractivity contribution in [1.29, 1.82) is 0 Å². The van der Waals surface area contributed by atoms with E-state index in [2.05, 4.69) is 4.99 Å². The van der Waals surface area contributed by atoms with E-state index < -0.39 is 5.97 Å². The third-order valence-corrected chi connectivity index (χ3v) is 2.25. The summed E-state index contributed by atoms with van der Waals surface area (Å²) in [5.74, 6) is -0.900. The first-order valence-electron chi connectivity index (χ1n) is 4.28. The van der Waals surface area contributed by atoms with Crippen LogP contribution in [0.15, 0.2) is 34.8 Å². The highest BCUT2D eigenvalue weighted by atomic mass is 16.4. The number of aliphatic imine (C=N–C) groups is 1. The average molecular weight is 187 g/mol. The number of nitrogens with zero attached hydrogens (tertiary/aromatic N) is 1. The first kappa shape index (κ1) is 8.69. The molecular formula is C11H9NO2. The normalized spacial score (nSPS) is 16.6. The third kappa shape index (κ3) is 1.23. The zero-order valence-electron chi connectivity index (χ0n) is 7.69. The molecule has 0 atom stereocenters. The SMILES string of the molecule is CC(C(=O)O)=C1C=Nc2ccccc21. The number of rotatable bonds is 1. The van der Waals surface area contributed by atoms with Gasteiger partial charge in [0.05, 0.1) is 5.69 Å². The monoisotopic (exact) mass is 187 g/mol. The Labute approximate surface area is 81.4 Å². The van der Waals surface area contributed by atoms with E-state index in [0.717, 1.165) is 11.3 Å². The van der Waals surface area contributed by atoms with Gasteiger partial charge in [-0.1, -0.05) is 18.2 Å². The standard InChI is InChI=1S/C11H9NO2/c1-7(11(13)14)9-6-12-10-5-3-2-4-8(9)10/h2-6H,1H3,(H,13,14). The van der Waals surface area contributed by atoms with Gasteiger partial charge in [-0.25, -0.2) is 4.79 Å². The van der Waals surface area contributed by atoms with E-state index in [0.29, 0.717) is 11.1 Å². The van der Waals surface area contributed by atoms with E-state index in [1.165, 1.54) is 0 Å². The second-order valence-electron chi connectivity index (χ2n) is 3.12. The molecule has 0 radical (unpaired) electrons. The van der Waals surface area contributed by atoms with Gasteiger partial charge in [0.1, 0.15) is 0 Å². The Morgan fingerprint density at radius 2 is 2.07 bits per heavy atom. The van der Waals surface area contributed by atoms with Gasteiger partial charge in [-0.3, -0.25) is 4.99 Å². The molecule has 1 aromatic carbocycles. The predicted octanol–water partition coefficient (Wildman–Crippen LogP) is 2.26. The second-order valence-corrected chi connectivity index (χ2v) is 3.12. The highest BCUT2D eigenvalue weighted by Gasteiger charge is 2.16. The first-order valence-corrected chi connectivity index (χ1v) is 4.28. The molecule has 3 heteroatoms. The number of allylic oxidation sites excluding steroid dienone is 1. The second kappa shape index (κ2) is 3.10. The average Bonchev–Trinajstić information content (AvgIpc) is 2.60. The summed E-state index contributed by atoms with van der Waals surface area (Å²) < 4.78 is 0. The van der Waals surface area contributed by atoms with Crippen molar-refractivity contribution >= 4 is 23.4 Å². The number of hydrogen-bond donors (Lipinski definition) is 1. The minimum atomic E-state index is -0.900. The summed E-state index contributed by atoms with van der Waals surface area (Å²) in [6, 6.07) is 7.51. The lowest BCUT2D eigenvalue weighted by Gasteiger charge is -2.00. The molecule has 0 amide bonds. The Balaban J connectivity index is 2.60. The molecule has 3 nitrogen and oxygen atoms in total. The van der Waals surface area contributed by atoms with E-state index in [-0.39, 0.29) is 0 Å². The maximum Gasteiger partial charge on any atom is 0.331 e. The molecule has 1 N–H and O–H groups in total. The fourth-order valence-corrected chi connectivity index (χ4v) is 1.43. The third-order valence-electron chi connectivity index (χ3n) is 2.25. The van der Waals surface area contributed by atoms with Crippen LogP contribution in [0.2, 0.25) is 0 Å². The molecular weight excluding hydrogens is 178 g/mol. The highest BCUT2D eigenvalue weighted by Crippen LogP contribution is 2.32. The van der Waals surface area contributed by atoms with Gasteiger partial charge in [0.2, 0.25) is 0 Å². The van der Waals surface area contributed by atoms with Crippen molar-refractivity contribution < 1.29 is 9.90 Å². The molecule has 1 aliphatic heterocycles. The van der Waals surface area contributed by atoms with Crippen LogP contribution in [0.3, 0.4) is 0 Å². The number of benzene rings is 1. The van der Waals surface area contributed by atoms with Crippen molar-refractivity contribution in [2.24, 2.45) is 4.99 Å². The van der Waals surface area contributed by atoms with E-state index in [1.54, 1.807) is 13.1 Å². The summed E-state index contributed by atoms with van der Waals surface area (Å²) in [7, 11) is 0. The Hall–Kier alpha value is -1.90. The largest absolute Gasteiger partial charge is 0.478 e. The van der Waals surface area contributed by atoms with Crippen LogP contribution in [0.4, 0.5) is 5.69 Å². The molecule has 1 heterocycles. The van der Waals surface area contributed by atoms with Crippen molar-refractivity contribution in [3.05, 3.63) is 35.4 Å². The zero-order valence-corrected chi connectivity index (χ0v) is 7.69. The number of carboxylic acids is 1. The molecule has 70 valence electrons. The Kier molecular flexibility index (Phi) is 1.93. The van der Waals surface area contributed by atoms with Gasteiger partial charge in [0.15, 0.2) is 0 Å². The maximum atomic E-state index is 10.8. The lowest BCUT2D eigenvalue weighted by Crippen LogP contribution is -1.99. The smallest absolute Gasteiger partial charge is 0.331 e. The van der Waals surface area contributed by atoms with Crippen molar-refractivity contribution in [2.75, 3.05) is 0 Å². The van der Waals surface area contributed by atoms with Gasteiger partial charge in [-0.15, -0.1) is 0 Å². The molecule has 0 spiro atoms. The molecule has 0 saturated heterocycles. The van der Waals surface area contributed by atoms with Crippen LogP contribution in [-0.2, 0) is 4.79 Å². The fraction of sp³-hybridized carbons (Fsp3) is 0.0909. The van der Waals surface area contributed by atoms with Crippen LogP contribution in [-0.4, -0.2) is 17.3 Å². The van der Waals surface area contributed by atoms with Crippen molar-refractivity contribution in [1.82, 2.24) is 0 Å². The molecule has 0 aliphatic carbocycles. The number of carboxylic acid groups (broad SMARTS) is 1. The number of fused-ring (bicyclic) bond motifs is 1. The lowest BCUT2D eigenvalue weighted by molar-refractivity contribution is -0.132. The van der Waals surface area contributed by atoms with Gasteiger partial charge in [0, 0.05) is 22.9 Å². The van der Waals surface area contributed by atoms with E-state index in [1.807, 2.05) is 24.3 Å². The predicted molar refractivity (Wildman–Crippen MR) is 54.8 cm³/mol. The Morgan fingerprint density at radius 3 is 2.79 bits per heavy atom. The van der Waals surface area contributed by atoms with Gasteiger partial charge in [-0.05, 0) is 13.0 Å². The summed E-state index contributed by atoms with van der Waals surface area (Å²) in [5.41, 5.74) is 2.77. The lowest BCUT2D eigenvalue weighted by atomic mass is 10.0. The molecule has 2 rings (SSSR count). The van der Waals surface area contributed by atoms with Crippen LogP contribution in [0.1, 0.15) is 12.5 Å². The van der Waals surface area contributed by atoms with Gasteiger partial charge in [0.25, 0.3) is 0 Å². The highest BCUT2D eigenvalue weighted by molar-refractivity contribution is 6.22. The fourth-order valence-electron chi connectivity index (χ4n) is 1.43. The molecule has 0 bridgehead atoms. The summed E-state index contributed by atoms with van der Waals surface area (Å²) in [6.45, 7) is 1.59. The molecule has 0 fully saturated rings. The Morgan fingerprint density at radius 1 is 1.36 bits per heavy atom. The molecule has 0 saturated carbocycles. The Bertz CT molecular complexity index is 458. The summed E-state index contributed by atoms with van der Waals surface area (Å²) in [6.07, 6.45) is 1.61. The first-order chi connectivity index (χ1) is 6.70. The molecule has 0 unspecified atom stereocenters. The zero-order chi connectivity index (χ0) is 10.1. The number of hydrogen-bond acceptors (Lipinski definition) is 2. The van der Waals surface area contributed by atoms with E-state index in [4.69, 9.17) is 5.11 Å². The number of aliphatic carboxylic acids is 1. The summed E-state index contributed by atoms with van der Waals surface area (Å²) in [5, 5.41) is 8.85. The maximum absolute atomic E-state index is 10.8. The van der Waals surface area contributed by atoms with Crippen LogP contribution >= 0.6 is 0 Å². The van der Waals surface area contributed by atoms with Gasteiger partial charge in [-0.2, -0.15) is 0 Å². The van der Waals surface area contributed by atoms with Crippen LogP contribution in [0.5, 0.6) is 0 Å². The summed E-state index contributed by atoms with van der Waals surface area (Å²) in [4.78, 5) is 14.9. The van der Waals surface area contributed by atoms with Crippen LogP contribution < -0.4 is 0 Å². The van der Waals surface area contributed by atoms with Crippen molar-refractivity contribution in [3.63, 3.8) is 0 Å². The molecule has 0 aromatic heterocycles. The van der Waals surface area contributed by atoms with E-state index in [9.17, 15) is 4.79 Å². The molecule has 1 aromatic rings. The van der Waals surface area contributed by atoms with Crippen LogP contribution in [0.25, 0.3) is 5.57 Å². The van der Waals surface area contributed by atoms with Crippen molar-refractivity contribution in [2.45, 2.75) is 6.92 Å². The van der Waals surface area contributed by atoms with Gasteiger partial charge < -0.3 is 5.11 Å². The minimum Gasteiger partial charge on any atom is -0.478 e. The van der Waals surface area contributed by atoms with Gasteiger partial charge >= 0.3 is 5.97 Å². The molecule has 1 aliphatic rings. The minimum absolute atomic E-state index is 0.332.